The minimum absolute atomic E-state index is 1.33. The van der Waals surface area contributed by atoms with Gasteiger partial charge in [0.15, 0.2) is 0 Å². The number of unbranched alkanes of at least 4 members (excludes halogenated alkanes) is 25. The Morgan fingerprint density at radius 2 is 0.625 bits per heavy atom. The predicted molar refractivity (Wildman–Crippen MR) is 153 cm³/mol. The van der Waals surface area contributed by atoms with Gasteiger partial charge in [-0.1, -0.05) is 174 Å². The van der Waals surface area contributed by atoms with Crippen molar-refractivity contribution in [3.05, 3.63) is 5.75 Å². The van der Waals surface area contributed by atoms with E-state index in [9.17, 15) is 0 Å². The Hall–Kier alpha value is 0.350. The fraction of sp³-hybridized carbons (Fsp3) is 0.968. The Bertz CT molecular complexity index is 271. The van der Waals surface area contributed by atoms with E-state index in [0.29, 0.717) is 0 Å². The van der Waals surface area contributed by atoms with E-state index in [0.717, 1.165) is 0 Å². The van der Waals surface area contributed by atoms with Gasteiger partial charge in [-0.15, -0.1) is 0 Å². The third kappa shape index (κ3) is 30.4. The SMILES string of the molecule is CCCCCCCCCCCCCCCCCCCCC[CH]SCCCCCCCCC. The second kappa shape index (κ2) is 31.4. The zero-order valence-electron chi connectivity index (χ0n) is 22.8. The van der Waals surface area contributed by atoms with E-state index in [-0.39, 0.29) is 0 Å². The predicted octanol–water partition coefficient (Wildman–Crippen LogP) is 12.5. The summed E-state index contributed by atoms with van der Waals surface area (Å²) < 4.78 is 0. The lowest BCUT2D eigenvalue weighted by Crippen LogP contribution is -1.85. The maximum atomic E-state index is 2.49. The van der Waals surface area contributed by atoms with Crippen LogP contribution in [0.2, 0.25) is 0 Å². The van der Waals surface area contributed by atoms with Crippen molar-refractivity contribution in [2.24, 2.45) is 0 Å². The number of hydrogen-bond acceptors (Lipinski definition) is 1. The lowest BCUT2D eigenvalue weighted by molar-refractivity contribution is 0.523. The largest absolute Gasteiger partial charge is 0.157 e. The molecule has 0 aromatic heterocycles. The molecule has 0 aromatic carbocycles. The van der Waals surface area contributed by atoms with E-state index < -0.39 is 0 Å². The normalized spacial score (nSPS) is 11.4. The first kappa shape index (κ1) is 32.4. The van der Waals surface area contributed by atoms with Crippen LogP contribution in [-0.2, 0) is 0 Å². The summed E-state index contributed by atoms with van der Waals surface area (Å²) in [7, 11) is 0. The summed E-state index contributed by atoms with van der Waals surface area (Å²) in [5.74, 6) is 3.84. The molecule has 0 aliphatic rings. The van der Waals surface area contributed by atoms with E-state index >= 15 is 0 Å². The van der Waals surface area contributed by atoms with Crippen LogP contribution in [0, 0.1) is 5.75 Å². The summed E-state index contributed by atoms with van der Waals surface area (Å²) in [4.78, 5) is 0. The van der Waals surface area contributed by atoms with Crippen LogP contribution in [0.1, 0.15) is 187 Å². The summed E-state index contributed by atoms with van der Waals surface area (Å²) in [5, 5.41) is 0. The van der Waals surface area contributed by atoms with Crippen LogP contribution in [0.5, 0.6) is 0 Å². The van der Waals surface area contributed by atoms with Crippen LogP contribution in [0.4, 0.5) is 0 Å². The first-order valence-corrected chi connectivity index (χ1v) is 16.4. The van der Waals surface area contributed by atoms with Gasteiger partial charge in [0.2, 0.25) is 0 Å². The maximum absolute atomic E-state index is 2.49. The minimum Gasteiger partial charge on any atom is -0.157 e. The zero-order chi connectivity index (χ0) is 23.2. The van der Waals surface area contributed by atoms with Crippen LogP contribution in [0.25, 0.3) is 0 Å². The smallest absolute Gasteiger partial charge is 0.0166 e. The fourth-order valence-corrected chi connectivity index (χ4v) is 5.49. The summed E-state index contributed by atoms with van der Waals surface area (Å²) in [5.41, 5.74) is 0. The fourth-order valence-electron chi connectivity index (χ4n) is 4.62. The van der Waals surface area contributed by atoms with Gasteiger partial charge in [0.1, 0.15) is 0 Å². The standard InChI is InChI=1S/C31H63S/c1-3-5-7-9-11-12-13-14-15-16-17-18-19-20-21-22-23-25-27-29-31-32-30-28-26-24-10-8-6-4-2/h31H,3-30H2,1-2H3. The van der Waals surface area contributed by atoms with Crippen LogP contribution in [0.3, 0.4) is 0 Å². The molecule has 0 rings (SSSR count). The van der Waals surface area contributed by atoms with Crippen molar-refractivity contribution in [3.8, 4) is 0 Å². The van der Waals surface area contributed by atoms with Gasteiger partial charge in [0.05, 0.1) is 0 Å². The summed E-state index contributed by atoms with van der Waals surface area (Å²) in [6.07, 6.45) is 39.3. The van der Waals surface area contributed by atoms with Crippen molar-refractivity contribution in [3.63, 3.8) is 0 Å². The van der Waals surface area contributed by atoms with E-state index in [1.54, 1.807) is 0 Å². The Balaban J connectivity index is 2.98. The molecule has 0 saturated carbocycles. The highest BCUT2D eigenvalue weighted by atomic mass is 32.2. The lowest BCUT2D eigenvalue weighted by atomic mass is 10.0. The van der Waals surface area contributed by atoms with Gasteiger partial charge in [0, 0.05) is 5.75 Å². The molecular formula is C31H63S. The Labute approximate surface area is 210 Å². The van der Waals surface area contributed by atoms with Gasteiger partial charge in [0.25, 0.3) is 0 Å². The summed E-state index contributed by atoms with van der Waals surface area (Å²) in [6.45, 7) is 4.60. The molecule has 0 aliphatic carbocycles. The van der Waals surface area contributed by atoms with Crippen molar-refractivity contribution < 1.29 is 0 Å². The molecule has 0 atom stereocenters. The van der Waals surface area contributed by atoms with Crippen molar-refractivity contribution in [1.82, 2.24) is 0 Å². The monoisotopic (exact) mass is 467 g/mol. The average Bonchev–Trinajstić information content (AvgIpc) is 2.81. The molecule has 193 valence electrons. The summed E-state index contributed by atoms with van der Waals surface area (Å²) in [6, 6.07) is 0. The van der Waals surface area contributed by atoms with Crippen LogP contribution in [-0.4, -0.2) is 5.75 Å². The molecular weight excluding hydrogens is 404 g/mol. The highest BCUT2D eigenvalue weighted by Gasteiger charge is 1.96. The van der Waals surface area contributed by atoms with E-state index in [4.69, 9.17) is 0 Å². The molecule has 0 bridgehead atoms. The van der Waals surface area contributed by atoms with Crippen molar-refractivity contribution in [1.29, 1.82) is 0 Å². The lowest BCUT2D eigenvalue weighted by Gasteiger charge is -2.04. The molecule has 0 aliphatic heterocycles. The Morgan fingerprint density at radius 3 is 0.969 bits per heavy atom. The molecule has 0 amide bonds. The highest BCUT2D eigenvalue weighted by molar-refractivity contribution is 8.01. The molecule has 0 saturated heterocycles. The number of thioether (sulfide) groups is 1. The molecule has 0 aromatic rings. The Morgan fingerprint density at radius 1 is 0.344 bits per heavy atom. The number of rotatable bonds is 29. The molecule has 1 radical (unpaired) electrons. The molecule has 0 unspecified atom stereocenters. The van der Waals surface area contributed by atoms with E-state index in [1.807, 2.05) is 0 Å². The molecule has 0 fully saturated rings. The van der Waals surface area contributed by atoms with Crippen LogP contribution >= 0.6 is 11.8 Å². The van der Waals surface area contributed by atoms with Gasteiger partial charge in [-0.25, -0.2) is 0 Å². The first-order valence-electron chi connectivity index (χ1n) is 15.3. The first-order chi connectivity index (χ1) is 15.9. The van der Waals surface area contributed by atoms with Gasteiger partial charge in [-0.2, -0.15) is 11.8 Å². The topological polar surface area (TPSA) is 0 Å². The quantitative estimate of drug-likeness (QED) is 0.0985. The molecule has 1 heteroatoms. The van der Waals surface area contributed by atoms with Crippen LogP contribution in [0.15, 0.2) is 0 Å². The second-order valence-corrected chi connectivity index (χ2v) is 11.4. The average molecular weight is 468 g/mol. The van der Waals surface area contributed by atoms with Crippen molar-refractivity contribution in [2.75, 3.05) is 5.75 Å². The molecule has 0 heterocycles. The van der Waals surface area contributed by atoms with Gasteiger partial charge >= 0.3 is 0 Å². The van der Waals surface area contributed by atoms with E-state index in [1.165, 1.54) is 179 Å². The van der Waals surface area contributed by atoms with Gasteiger partial charge in [-0.05, 0) is 18.6 Å². The zero-order valence-corrected chi connectivity index (χ0v) is 23.6. The van der Waals surface area contributed by atoms with Crippen molar-refractivity contribution in [2.45, 2.75) is 187 Å². The minimum atomic E-state index is 1.33. The third-order valence-corrected chi connectivity index (χ3v) is 7.90. The highest BCUT2D eigenvalue weighted by Crippen LogP contribution is 2.18. The molecule has 32 heavy (non-hydrogen) atoms. The van der Waals surface area contributed by atoms with Gasteiger partial charge < -0.3 is 0 Å². The maximum Gasteiger partial charge on any atom is 0.0166 e. The number of hydrogen-bond donors (Lipinski definition) is 0. The van der Waals surface area contributed by atoms with Crippen molar-refractivity contribution >= 4 is 11.8 Å². The third-order valence-electron chi connectivity index (χ3n) is 6.91. The summed E-state index contributed by atoms with van der Waals surface area (Å²) >= 11 is 2.09. The second-order valence-electron chi connectivity index (χ2n) is 10.3. The Kier molecular flexibility index (Phi) is 31.7. The van der Waals surface area contributed by atoms with Gasteiger partial charge in [-0.3, -0.25) is 0 Å². The van der Waals surface area contributed by atoms with E-state index in [2.05, 4.69) is 31.4 Å². The molecule has 0 N–H and O–H groups in total. The molecule has 0 spiro atoms. The van der Waals surface area contributed by atoms with Crippen LogP contribution < -0.4 is 0 Å². The molecule has 0 nitrogen and oxygen atoms in total.